The molecular weight excluding hydrogens is 392 g/mol. The number of carboxylic acids is 2. The number of nitrogens with two attached hydrogens (primary N) is 1. The molecule has 0 fully saturated rings. The van der Waals surface area contributed by atoms with Crippen LogP contribution < -0.4 is 21.7 Å². The molecule has 9 N–H and O–H groups in total. The Labute approximate surface area is 163 Å². The summed E-state index contributed by atoms with van der Waals surface area (Å²) in [6.07, 6.45) is 1.71. The van der Waals surface area contributed by atoms with Gasteiger partial charge in [-0.2, -0.15) is 0 Å². The van der Waals surface area contributed by atoms with Gasteiger partial charge in [-0.05, 0) is 0 Å². The zero-order valence-corrected chi connectivity index (χ0v) is 15.1. The van der Waals surface area contributed by atoms with Crippen molar-refractivity contribution in [3.63, 3.8) is 0 Å². The maximum absolute atomic E-state index is 12.3. The van der Waals surface area contributed by atoms with Crippen molar-refractivity contribution in [1.29, 1.82) is 0 Å². The van der Waals surface area contributed by atoms with E-state index < -0.39 is 67.4 Å². The van der Waals surface area contributed by atoms with Gasteiger partial charge >= 0.3 is 11.9 Å². The molecule has 0 aliphatic carbocycles. The molecule has 3 amide bonds. The number of rotatable bonds is 12. The molecule has 0 spiro atoms. The standard InChI is InChI=1S/C15H22N6O8/c16-8(5-22)13(26)18-4-11(23)20-9(2-12(24)25)14(27)21-10(15(28)29)1-7-3-17-6-19-7/h3,6,8-10,22H,1-2,4-5,16H2,(H,17,19)(H,18,26)(H,20,23)(H,21,27)(H,24,25)(H,28,29). The van der Waals surface area contributed by atoms with E-state index in [0.29, 0.717) is 5.69 Å². The molecule has 0 aliphatic rings. The Balaban J connectivity index is 2.72. The Morgan fingerprint density at radius 1 is 1.10 bits per heavy atom. The number of carbonyl (C=O) groups excluding carboxylic acids is 3. The molecule has 1 heterocycles. The number of aliphatic hydroxyl groups excluding tert-OH is 1. The number of hydrogen-bond acceptors (Lipinski definition) is 8. The maximum atomic E-state index is 12.3. The predicted octanol–water partition coefficient (Wildman–Crippen LogP) is -4.08. The third-order valence-corrected chi connectivity index (χ3v) is 3.58. The van der Waals surface area contributed by atoms with E-state index >= 15 is 0 Å². The van der Waals surface area contributed by atoms with Crippen molar-refractivity contribution in [3.8, 4) is 0 Å². The summed E-state index contributed by atoms with van der Waals surface area (Å²) >= 11 is 0. The minimum Gasteiger partial charge on any atom is -0.481 e. The van der Waals surface area contributed by atoms with Crippen LogP contribution in [0.15, 0.2) is 12.5 Å². The molecule has 29 heavy (non-hydrogen) atoms. The van der Waals surface area contributed by atoms with Crippen LogP contribution in [-0.4, -0.2) is 86.2 Å². The van der Waals surface area contributed by atoms with Crippen molar-refractivity contribution in [2.75, 3.05) is 13.2 Å². The highest BCUT2D eigenvalue weighted by atomic mass is 16.4. The smallest absolute Gasteiger partial charge is 0.326 e. The summed E-state index contributed by atoms with van der Waals surface area (Å²) in [5, 5.41) is 33.3. The molecular formula is C15H22N6O8. The molecule has 0 saturated heterocycles. The molecule has 1 aromatic heterocycles. The summed E-state index contributed by atoms with van der Waals surface area (Å²) in [5.74, 6) is -5.57. The Kier molecular flexibility index (Phi) is 9.21. The van der Waals surface area contributed by atoms with Crippen LogP contribution in [-0.2, 0) is 30.4 Å². The fraction of sp³-hybridized carbons (Fsp3) is 0.467. The van der Waals surface area contributed by atoms with Gasteiger partial charge in [0.2, 0.25) is 17.7 Å². The molecule has 14 nitrogen and oxygen atoms in total. The van der Waals surface area contributed by atoms with E-state index in [1.54, 1.807) is 0 Å². The second-order valence-electron chi connectivity index (χ2n) is 5.91. The van der Waals surface area contributed by atoms with Crippen molar-refractivity contribution >= 4 is 29.7 Å². The minimum absolute atomic E-state index is 0.149. The maximum Gasteiger partial charge on any atom is 0.326 e. The Morgan fingerprint density at radius 2 is 1.79 bits per heavy atom. The van der Waals surface area contributed by atoms with Crippen LogP contribution in [0, 0.1) is 0 Å². The van der Waals surface area contributed by atoms with Crippen LogP contribution in [0.3, 0.4) is 0 Å². The Hall–Kier alpha value is -3.52. The number of H-pyrrole nitrogens is 1. The summed E-state index contributed by atoms with van der Waals surface area (Å²) in [6, 6.07) is -4.25. The zero-order valence-electron chi connectivity index (χ0n) is 15.1. The van der Waals surface area contributed by atoms with Crippen molar-refractivity contribution in [3.05, 3.63) is 18.2 Å². The lowest BCUT2D eigenvalue weighted by atomic mass is 10.1. The molecule has 3 atom stereocenters. The summed E-state index contributed by atoms with van der Waals surface area (Å²) in [4.78, 5) is 64.4. The van der Waals surface area contributed by atoms with E-state index in [9.17, 15) is 29.1 Å². The summed E-state index contributed by atoms with van der Waals surface area (Å²) in [6.45, 7) is -1.28. The van der Waals surface area contributed by atoms with Crippen LogP contribution in [0.25, 0.3) is 0 Å². The third kappa shape index (κ3) is 8.35. The summed E-state index contributed by atoms with van der Waals surface area (Å²) in [7, 11) is 0. The molecule has 0 aromatic carbocycles. The number of aliphatic carboxylic acids is 2. The van der Waals surface area contributed by atoms with Gasteiger partial charge in [0.1, 0.15) is 18.1 Å². The number of nitrogens with one attached hydrogen (secondary N) is 4. The average Bonchev–Trinajstić information content (AvgIpc) is 3.16. The third-order valence-electron chi connectivity index (χ3n) is 3.58. The minimum atomic E-state index is -1.59. The van der Waals surface area contributed by atoms with Crippen molar-refractivity contribution in [2.24, 2.45) is 5.73 Å². The molecule has 3 unspecified atom stereocenters. The number of amides is 3. The van der Waals surface area contributed by atoms with Gasteiger partial charge in [-0.25, -0.2) is 9.78 Å². The molecule has 1 aromatic rings. The SMILES string of the molecule is NC(CO)C(=O)NCC(=O)NC(CC(=O)O)C(=O)NC(Cc1cnc[nH]1)C(=O)O. The fourth-order valence-electron chi connectivity index (χ4n) is 2.10. The first kappa shape index (κ1) is 23.5. The van der Waals surface area contributed by atoms with Crippen LogP contribution >= 0.6 is 0 Å². The van der Waals surface area contributed by atoms with Gasteiger partial charge in [0.05, 0.1) is 25.9 Å². The predicted molar refractivity (Wildman–Crippen MR) is 94.1 cm³/mol. The van der Waals surface area contributed by atoms with Crippen LogP contribution in [0.4, 0.5) is 0 Å². The van der Waals surface area contributed by atoms with Crippen molar-refractivity contribution in [1.82, 2.24) is 25.9 Å². The lowest BCUT2D eigenvalue weighted by Crippen LogP contribution is -2.54. The number of carbonyl (C=O) groups is 5. The highest BCUT2D eigenvalue weighted by Crippen LogP contribution is 2.01. The van der Waals surface area contributed by atoms with Gasteiger partial charge in [-0.3, -0.25) is 19.2 Å². The molecule has 14 heteroatoms. The molecule has 160 valence electrons. The van der Waals surface area contributed by atoms with E-state index in [4.69, 9.17) is 15.9 Å². The quantitative estimate of drug-likeness (QED) is 0.164. The first-order chi connectivity index (χ1) is 13.6. The normalized spacial score (nSPS) is 13.6. The van der Waals surface area contributed by atoms with Crippen LogP contribution in [0.2, 0.25) is 0 Å². The first-order valence-electron chi connectivity index (χ1n) is 8.29. The first-order valence-corrected chi connectivity index (χ1v) is 8.29. The molecule has 0 radical (unpaired) electrons. The monoisotopic (exact) mass is 414 g/mol. The summed E-state index contributed by atoms with van der Waals surface area (Å²) in [5.41, 5.74) is 5.67. The summed E-state index contributed by atoms with van der Waals surface area (Å²) < 4.78 is 0. The molecule has 0 aliphatic heterocycles. The number of aliphatic hydroxyl groups is 1. The molecule has 0 saturated carbocycles. The van der Waals surface area contributed by atoms with Gasteiger partial charge < -0.3 is 42.0 Å². The lowest BCUT2D eigenvalue weighted by molar-refractivity contribution is -0.143. The highest BCUT2D eigenvalue weighted by molar-refractivity contribution is 5.94. The topological polar surface area (TPSA) is 237 Å². The second kappa shape index (κ2) is 11.4. The van der Waals surface area contributed by atoms with E-state index in [2.05, 4.69) is 25.9 Å². The Morgan fingerprint density at radius 3 is 2.31 bits per heavy atom. The lowest BCUT2D eigenvalue weighted by Gasteiger charge is -2.20. The molecule has 1 rings (SSSR count). The van der Waals surface area contributed by atoms with Gasteiger partial charge in [-0.15, -0.1) is 0 Å². The van der Waals surface area contributed by atoms with Crippen LogP contribution in [0.5, 0.6) is 0 Å². The zero-order chi connectivity index (χ0) is 22.0. The van der Waals surface area contributed by atoms with Gasteiger partial charge in [0.25, 0.3) is 0 Å². The fourth-order valence-corrected chi connectivity index (χ4v) is 2.10. The second-order valence-corrected chi connectivity index (χ2v) is 5.91. The average molecular weight is 414 g/mol. The van der Waals surface area contributed by atoms with E-state index in [-0.39, 0.29) is 6.42 Å². The number of imidazole rings is 1. The van der Waals surface area contributed by atoms with Crippen molar-refractivity contribution in [2.45, 2.75) is 31.0 Å². The number of aromatic amines is 1. The van der Waals surface area contributed by atoms with Crippen LogP contribution in [0.1, 0.15) is 12.1 Å². The van der Waals surface area contributed by atoms with Gasteiger partial charge in [-0.1, -0.05) is 0 Å². The Bertz CT molecular complexity index is 737. The number of nitrogens with zero attached hydrogens (tertiary/aromatic N) is 1. The van der Waals surface area contributed by atoms with Gasteiger partial charge in [0.15, 0.2) is 0 Å². The largest absolute Gasteiger partial charge is 0.481 e. The van der Waals surface area contributed by atoms with E-state index in [1.165, 1.54) is 12.5 Å². The van der Waals surface area contributed by atoms with E-state index in [1.807, 2.05) is 0 Å². The van der Waals surface area contributed by atoms with E-state index in [0.717, 1.165) is 0 Å². The van der Waals surface area contributed by atoms with Crippen molar-refractivity contribution < 1.29 is 39.3 Å². The number of hydrogen-bond donors (Lipinski definition) is 8. The molecule has 0 bridgehead atoms. The number of aromatic nitrogens is 2. The van der Waals surface area contributed by atoms with Gasteiger partial charge in [0, 0.05) is 18.3 Å². The highest BCUT2D eigenvalue weighted by Gasteiger charge is 2.29. The number of carboxylic acid groups (broad SMARTS) is 2.